The third-order valence-electron chi connectivity index (χ3n) is 5.89. The van der Waals surface area contributed by atoms with Crippen LogP contribution in [-0.4, -0.2) is 54.8 Å². The number of esters is 1. The number of rotatable bonds is 7. The molecular weight excluding hydrogens is 505 g/mol. The third kappa shape index (κ3) is 6.86. The van der Waals surface area contributed by atoms with Crippen molar-refractivity contribution in [1.82, 2.24) is 10.2 Å². The Morgan fingerprint density at radius 2 is 1.69 bits per heavy atom. The van der Waals surface area contributed by atoms with Crippen molar-refractivity contribution < 1.29 is 23.9 Å². The Labute approximate surface area is 219 Å². The van der Waals surface area contributed by atoms with Crippen molar-refractivity contribution in [2.75, 3.05) is 25.5 Å². The topological polar surface area (TPSA) is 105 Å². The molecule has 1 atom stereocenters. The number of carbonyl (C=O) groups is 4. The van der Waals surface area contributed by atoms with Crippen LogP contribution in [0.2, 0.25) is 10.0 Å². The summed E-state index contributed by atoms with van der Waals surface area (Å²) in [7, 11) is 1.27. The summed E-state index contributed by atoms with van der Waals surface area (Å²) >= 11 is 12.8. The van der Waals surface area contributed by atoms with Gasteiger partial charge < -0.3 is 20.3 Å². The van der Waals surface area contributed by atoms with Crippen molar-refractivity contribution in [2.24, 2.45) is 5.92 Å². The van der Waals surface area contributed by atoms with Crippen LogP contribution in [0.15, 0.2) is 48.5 Å². The molecule has 2 N–H and O–H groups in total. The fraction of sp³-hybridized carbons (Fsp3) is 0.308. The second-order valence-electron chi connectivity index (χ2n) is 8.34. The highest BCUT2D eigenvalue weighted by Gasteiger charge is 2.28. The summed E-state index contributed by atoms with van der Waals surface area (Å²) in [5.74, 6) is -1.55. The summed E-state index contributed by atoms with van der Waals surface area (Å²) in [6, 6.07) is 11.3. The smallest absolute Gasteiger partial charge is 0.328 e. The predicted octanol–water partition coefficient (Wildman–Crippen LogP) is 4.18. The number of methoxy groups -OCH3 is 1. The van der Waals surface area contributed by atoms with Gasteiger partial charge >= 0.3 is 5.97 Å². The van der Waals surface area contributed by atoms with E-state index in [-0.39, 0.29) is 33.7 Å². The molecule has 3 rings (SSSR count). The molecule has 1 fully saturated rings. The number of anilines is 1. The maximum absolute atomic E-state index is 12.7. The zero-order valence-corrected chi connectivity index (χ0v) is 21.4. The van der Waals surface area contributed by atoms with Crippen molar-refractivity contribution in [2.45, 2.75) is 25.8 Å². The highest BCUT2D eigenvalue weighted by molar-refractivity contribution is 6.45. The second-order valence-corrected chi connectivity index (χ2v) is 9.09. The molecule has 8 nitrogen and oxygen atoms in total. The number of nitrogens with zero attached hydrogens (tertiary/aromatic N) is 1. The molecular formula is C26H27Cl2N3O5. The van der Waals surface area contributed by atoms with Crippen molar-refractivity contribution in [1.29, 1.82) is 0 Å². The first kappa shape index (κ1) is 27.2. The van der Waals surface area contributed by atoms with Crippen molar-refractivity contribution >= 4 is 58.7 Å². The monoisotopic (exact) mass is 531 g/mol. The van der Waals surface area contributed by atoms with E-state index in [4.69, 9.17) is 23.2 Å². The van der Waals surface area contributed by atoms with Crippen LogP contribution in [0, 0.1) is 5.92 Å². The van der Waals surface area contributed by atoms with Gasteiger partial charge in [-0.2, -0.15) is 0 Å². The van der Waals surface area contributed by atoms with Crippen molar-refractivity contribution in [3.63, 3.8) is 0 Å². The summed E-state index contributed by atoms with van der Waals surface area (Å²) in [5, 5.41) is 5.76. The molecule has 0 aliphatic carbocycles. The minimum atomic E-state index is -0.722. The summed E-state index contributed by atoms with van der Waals surface area (Å²) < 4.78 is 4.62. The average Bonchev–Trinajstić information content (AvgIpc) is 2.90. The van der Waals surface area contributed by atoms with E-state index in [9.17, 15) is 19.2 Å². The fourth-order valence-corrected chi connectivity index (χ4v) is 4.22. The lowest BCUT2D eigenvalue weighted by Crippen LogP contribution is -2.46. The molecule has 1 heterocycles. The zero-order valence-electron chi connectivity index (χ0n) is 19.9. The van der Waals surface area contributed by atoms with E-state index in [1.54, 1.807) is 54.3 Å². The molecule has 2 aromatic carbocycles. The Morgan fingerprint density at radius 3 is 2.33 bits per heavy atom. The molecule has 1 saturated heterocycles. The molecule has 3 amide bonds. The van der Waals surface area contributed by atoms with Gasteiger partial charge in [-0.25, -0.2) is 4.79 Å². The van der Waals surface area contributed by atoms with Crippen LogP contribution in [0.4, 0.5) is 5.69 Å². The number of carbonyl (C=O) groups excluding carboxylic acids is 4. The Kier molecular flexibility index (Phi) is 9.50. The van der Waals surface area contributed by atoms with Crippen molar-refractivity contribution in [3.05, 3.63) is 69.7 Å². The highest BCUT2D eigenvalue weighted by atomic mass is 35.5. The number of amides is 3. The van der Waals surface area contributed by atoms with Crippen LogP contribution in [0.5, 0.6) is 0 Å². The number of hydrogen-bond donors (Lipinski definition) is 2. The Morgan fingerprint density at radius 1 is 1.03 bits per heavy atom. The minimum absolute atomic E-state index is 0.170. The van der Waals surface area contributed by atoms with Crippen molar-refractivity contribution in [3.8, 4) is 0 Å². The SMILES string of the molecule is COC(=O)[C@H](C)NC(=O)C1CCN(C(=O)/C=C/c2ccc(NC(=O)c3ccccc3)c(Cl)c2Cl)CC1. The van der Waals surface area contributed by atoms with E-state index < -0.39 is 12.0 Å². The van der Waals surface area contributed by atoms with Crippen LogP contribution < -0.4 is 10.6 Å². The Hall–Kier alpha value is -3.36. The lowest BCUT2D eigenvalue weighted by molar-refractivity contribution is -0.145. The van der Waals surface area contributed by atoms with Crippen LogP contribution in [0.25, 0.3) is 6.08 Å². The molecule has 1 aliphatic rings. The molecule has 190 valence electrons. The highest BCUT2D eigenvalue weighted by Crippen LogP contribution is 2.34. The number of halogens is 2. The molecule has 0 bridgehead atoms. The lowest BCUT2D eigenvalue weighted by atomic mass is 9.95. The quantitative estimate of drug-likeness (QED) is 0.412. The van der Waals surface area contributed by atoms with E-state index in [2.05, 4.69) is 15.4 Å². The maximum atomic E-state index is 12.7. The fourth-order valence-electron chi connectivity index (χ4n) is 3.77. The lowest BCUT2D eigenvalue weighted by Gasteiger charge is -2.31. The molecule has 0 radical (unpaired) electrons. The van der Waals surface area contributed by atoms with E-state index in [0.29, 0.717) is 42.7 Å². The number of ether oxygens (including phenoxy) is 1. The second kappa shape index (κ2) is 12.6. The van der Waals surface area contributed by atoms with Gasteiger partial charge in [0.1, 0.15) is 6.04 Å². The van der Waals surface area contributed by atoms with Crippen LogP contribution in [-0.2, 0) is 19.1 Å². The molecule has 1 aliphatic heterocycles. The number of hydrogen-bond acceptors (Lipinski definition) is 5. The largest absolute Gasteiger partial charge is 0.467 e. The number of likely N-dealkylation sites (tertiary alicyclic amines) is 1. The summed E-state index contributed by atoms with van der Waals surface area (Å²) in [4.78, 5) is 50.6. The standard InChI is InChI=1S/C26H27Cl2N3O5/c1-16(26(35)36-2)29-24(33)19-12-14-31(15-13-19)21(32)11-9-17-8-10-20(23(28)22(17)27)30-25(34)18-6-4-3-5-7-18/h3-11,16,19H,12-15H2,1-2H3,(H,29,33)(H,30,34)/b11-9+/t16-/m0/s1. The number of nitrogens with one attached hydrogen (secondary N) is 2. The van der Waals surface area contributed by atoms with E-state index >= 15 is 0 Å². The minimum Gasteiger partial charge on any atom is -0.467 e. The summed E-state index contributed by atoms with van der Waals surface area (Å²) in [6.07, 6.45) is 3.94. The molecule has 0 aromatic heterocycles. The maximum Gasteiger partial charge on any atom is 0.328 e. The van der Waals surface area contributed by atoms with Gasteiger partial charge in [-0.15, -0.1) is 0 Å². The average molecular weight is 532 g/mol. The van der Waals surface area contributed by atoms with E-state index in [1.165, 1.54) is 13.2 Å². The van der Waals surface area contributed by atoms with Crippen LogP contribution >= 0.6 is 23.2 Å². The van der Waals surface area contributed by atoms with Crippen LogP contribution in [0.1, 0.15) is 35.7 Å². The van der Waals surface area contributed by atoms with E-state index in [0.717, 1.165) is 0 Å². The number of benzene rings is 2. The van der Waals surface area contributed by atoms with Gasteiger partial charge in [-0.1, -0.05) is 47.5 Å². The van der Waals surface area contributed by atoms with Gasteiger partial charge in [0.05, 0.1) is 22.8 Å². The first-order valence-electron chi connectivity index (χ1n) is 11.4. The number of piperidine rings is 1. The molecule has 10 heteroatoms. The van der Waals surface area contributed by atoms with Gasteiger partial charge in [0.25, 0.3) is 5.91 Å². The first-order valence-corrected chi connectivity index (χ1v) is 12.2. The summed E-state index contributed by atoms with van der Waals surface area (Å²) in [5.41, 5.74) is 1.37. The van der Waals surface area contributed by atoms with Gasteiger partial charge in [0, 0.05) is 30.6 Å². The Bertz CT molecular complexity index is 1160. The molecule has 2 aromatic rings. The van der Waals surface area contributed by atoms with E-state index in [1.807, 2.05) is 6.07 Å². The van der Waals surface area contributed by atoms with Crippen LogP contribution in [0.3, 0.4) is 0 Å². The zero-order chi connectivity index (χ0) is 26.2. The summed E-state index contributed by atoms with van der Waals surface area (Å²) in [6.45, 7) is 2.38. The normalized spacial score (nSPS) is 14.8. The predicted molar refractivity (Wildman–Crippen MR) is 139 cm³/mol. The molecule has 0 saturated carbocycles. The Balaban J connectivity index is 1.56. The molecule has 36 heavy (non-hydrogen) atoms. The van der Waals surface area contributed by atoms with Gasteiger partial charge in [0.2, 0.25) is 11.8 Å². The van der Waals surface area contributed by atoms with Gasteiger partial charge in [-0.05, 0) is 49.6 Å². The molecule has 0 spiro atoms. The molecule has 0 unspecified atom stereocenters. The van der Waals surface area contributed by atoms with Gasteiger partial charge in [-0.3, -0.25) is 14.4 Å². The first-order chi connectivity index (χ1) is 17.2. The third-order valence-corrected chi connectivity index (χ3v) is 6.79. The van der Waals surface area contributed by atoms with Gasteiger partial charge in [0.15, 0.2) is 0 Å².